The molecule has 2 N–H and O–H groups in total. The Balaban J connectivity index is 2.14. The molecule has 0 aliphatic rings. The second-order valence-electron chi connectivity index (χ2n) is 3.27. The van der Waals surface area contributed by atoms with Gasteiger partial charge in [0.2, 0.25) is 5.82 Å². The Kier molecular flexibility index (Phi) is 2.30. The van der Waals surface area contributed by atoms with E-state index in [4.69, 9.17) is 11.6 Å². The van der Waals surface area contributed by atoms with Crippen LogP contribution in [0.25, 0.3) is 22.8 Å². The summed E-state index contributed by atoms with van der Waals surface area (Å²) in [7, 11) is 0. The number of aromatic nitrogens is 7. The smallest absolute Gasteiger partial charge is 0.197 e. The van der Waals surface area contributed by atoms with Crippen LogP contribution < -0.4 is 0 Å². The van der Waals surface area contributed by atoms with Gasteiger partial charge in [-0.2, -0.15) is 20.6 Å². The van der Waals surface area contributed by atoms with Gasteiger partial charge >= 0.3 is 0 Å². The summed E-state index contributed by atoms with van der Waals surface area (Å²) < 4.78 is 0. The number of tetrazole rings is 1. The highest BCUT2D eigenvalue weighted by atomic mass is 35.5. The third-order valence-electron chi connectivity index (χ3n) is 2.20. The summed E-state index contributed by atoms with van der Waals surface area (Å²) >= 11 is 5.93. The van der Waals surface area contributed by atoms with E-state index in [0.717, 1.165) is 5.56 Å². The largest absolute Gasteiger partial charge is 0.227 e. The maximum absolute atomic E-state index is 5.93. The first kappa shape index (κ1) is 9.91. The van der Waals surface area contributed by atoms with Crippen LogP contribution in [0.5, 0.6) is 0 Å². The van der Waals surface area contributed by atoms with E-state index in [2.05, 4.69) is 36.0 Å². The van der Waals surface area contributed by atoms with E-state index in [9.17, 15) is 0 Å². The number of benzene rings is 1. The van der Waals surface area contributed by atoms with Crippen molar-refractivity contribution in [2.75, 3.05) is 0 Å². The van der Waals surface area contributed by atoms with Gasteiger partial charge < -0.3 is 0 Å². The van der Waals surface area contributed by atoms with Gasteiger partial charge in [-0.15, -0.1) is 10.2 Å². The van der Waals surface area contributed by atoms with Gasteiger partial charge in [0.1, 0.15) is 5.69 Å². The molecule has 3 rings (SSSR count). The molecule has 8 heteroatoms. The zero-order valence-corrected chi connectivity index (χ0v) is 9.18. The van der Waals surface area contributed by atoms with E-state index in [-0.39, 0.29) is 0 Å². The van der Waals surface area contributed by atoms with Gasteiger partial charge in [-0.3, -0.25) is 0 Å². The van der Waals surface area contributed by atoms with Crippen molar-refractivity contribution in [2.24, 2.45) is 0 Å². The van der Waals surface area contributed by atoms with Crippen LogP contribution in [0.3, 0.4) is 0 Å². The Morgan fingerprint density at radius 1 is 1.00 bits per heavy atom. The lowest BCUT2D eigenvalue weighted by atomic mass is 10.1. The maximum atomic E-state index is 5.93. The number of nitrogens with zero attached hydrogens (tertiary/aromatic N) is 5. The molecule has 0 bridgehead atoms. The van der Waals surface area contributed by atoms with E-state index in [1.54, 1.807) is 12.1 Å². The van der Waals surface area contributed by atoms with Crippen molar-refractivity contribution < 1.29 is 0 Å². The second kappa shape index (κ2) is 3.95. The summed E-state index contributed by atoms with van der Waals surface area (Å²) in [6.07, 6.45) is 0. The highest BCUT2D eigenvalue weighted by Gasteiger charge is 2.15. The molecule has 7 nitrogen and oxygen atoms in total. The van der Waals surface area contributed by atoms with Gasteiger partial charge in [0.05, 0.1) is 0 Å². The molecular formula is C9H6ClN7. The molecule has 0 radical (unpaired) electrons. The Morgan fingerprint density at radius 2 is 1.88 bits per heavy atom. The van der Waals surface area contributed by atoms with Gasteiger partial charge in [-0.05, 0) is 17.3 Å². The predicted molar refractivity (Wildman–Crippen MR) is 60.0 cm³/mol. The molecule has 3 aromatic rings. The van der Waals surface area contributed by atoms with E-state index in [0.29, 0.717) is 22.2 Å². The van der Waals surface area contributed by atoms with E-state index >= 15 is 0 Å². The van der Waals surface area contributed by atoms with Crippen LogP contribution in [0, 0.1) is 0 Å². The first-order valence-electron chi connectivity index (χ1n) is 4.75. The molecular weight excluding hydrogens is 242 g/mol. The minimum absolute atomic E-state index is 0.383. The topological polar surface area (TPSA) is 96.0 Å². The van der Waals surface area contributed by atoms with Gasteiger partial charge in [0.15, 0.2) is 5.69 Å². The molecule has 0 fully saturated rings. The highest BCUT2D eigenvalue weighted by Crippen LogP contribution is 2.26. The molecule has 0 saturated carbocycles. The van der Waals surface area contributed by atoms with Crippen LogP contribution in [-0.2, 0) is 0 Å². The molecule has 0 saturated heterocycles. The quantitative estimate of drug-likeness (QED) is 0.712. The molecule has 84 valence electrons. The van der Waals surface area contributed by atoms with Crippen LogP contribution in [0.2, 0.25) is 5.02 Å². The van der Waals surface area contributed by atoms with E-state index in [1.165, 1.54) is 0 Å². The van der Waals surface area contributed by atoms with Crippen molar-refractivity contribution in [3.8, 4) is 22.8 Å². The van der Waals surface area contributed by atoms with Crippen molar-refractivity contribution in [3.05, 3.63) is 29.3 Å². The number of halogens is 1. The standard InChI is InChI=1S/C9H6ClN7/c10-6-3-1-2-5(4-6)7-8(12-15-11-7)9-13-16-17-14-9/h1-4H,(H,11,12,15)(H,13,14,16,17). The Labute approximate surface area is 100 Å². The van der Waals surface area contributed by atoms with Gasteiger partial charge in [0, 0.05) is 10.6 Å². The van der Waals surface area contributed by atoms with E-state index < -0.39 is 0 Å². The predicted octanol–water partition coefficient (Wildman–Crippen LogP) is 1.31. The fourth-order valence-corrected chi connectivity index (χ4v) is 1.68. The van der Waals surface area contributed by atoms with Gasteiger partial charge in [-0.25, -0.2) is 0 Å². The summed E-state index contributed by atoms with van der Waals surface area (Å²) in [6, 6.07) is 7.31. The van der Waals surface area contributed by atoms with Crippen molar-refractivity contribution in [1.29, 1.82) is 0 Å². The first-order chi connectivity index (χ1) is 8.34. The lowest BCUT2D eigenvalue weighted by Gasteiger charge is -1.98. The van der Waals surface area contributed by atoms with Crippen LogP contribution >= 0.6 is 11.6 Å². The minimum Gasteiger partial charge on any atom is -0.197 e. The first-order valence-corrected chi connectivity index (χ1v) is 5.13. The molecule has 0 aliphatic carbocycles. The fraction of sp³-hybridized carbons (Fsp3) is 0. The minimum atomic E-state index is 0.383. The summed E-state index contributed by atoms with van der Waals surface area (Å²) in [4.78, 5) is 0. The van der Waals surface area contributed by atoms with E-state index in [1.807, 2.05) is 12.1 Å². The van der Waals surface area contributed by atoms with Gasteiger partial charge in [0.25, 0.3) is 0 Å². The Morgan fingerprint density at radius 3 is 2.65 bits per heavy atom. The zero-order valence-electron chi connectivity index (χ0n) is 8.42. The van der Waals surface area contributed by atoms with Gasteiger partial charge in [-0.1, -0.05) is 23.7 Å². The molecule has 2 aromatic heterocycles. The highest BCUT2D eigenvalue weighted by molar-refractivity contribution is 6.30. The normalized spacial score (nSPS) is 10.6. The molecule has 0 unspecified atom stereocenters. The number of H-pyrrole nitrogens is 2. The second-order valence-corrected chi connectivity index (χ2v) is 3.70. The average Bonchev–Trinajstić information content (AvgIpc) is 3.00. The van der Waals surface area contributed by atoms with Crippen molar-refractivity contribution >= 4 is 11.6 Å². The van der Waals surface area contributed by atoms with Crippen molar-refractivity contribution in [3.63, 3.8) is 0 Å². The maximum Gasteiger partial charge on any atom is 0.227 e. The third kappa shape index (κ3) is 1.76. The molecule has 2 heterocycles. The number of hydrogen-bond acceptors (Lipinski definition) is 5. The number of rotatable bonds is 2. The SMILES string of the molecule is Clc1cccc(-c2n[nH]nc2-c2nn[nH]n2)c1. The lowest BCUT2D eigenvalue weighted by molar-refractivity contribution is 0.881. The molecule has 0 spiro atoms. The fourth-order valence-electron chi connectivity index (χ4n) is 1.49. The molecule has 1 aromatic carbocycles. The number of nitrogens with one attached hydrogen (secondary N) is 2. The molecule has 17 heavy (non-hydrogen) atoms. The van der Waals surface area contributed by atoms with Crippen molar-refractivity contribution in [1.82, 2.24) is 36.0 Å². The Hall–Kier alpha value is -2.28. The third-order valence-corrected chi connectivity index (χ3v) is 2.44. The lowest BCUT2D eigenvalue weighted by Crippen LogP contribution is -1.86. The van der Waals surface area contributed by atoms with Crippen LogP contribution in [0.4, 0.5) is 0 Å². The Bertz CT molecular complexity index is 630. The molecule has 0 amide bonds. The van der Waals surface area contributed by atoms with Crippen LogP contribution in [0.1, 0.15) is 0 Å². The van der Waals surface area contributed by atoms with Crippen LogP contribution in [-0.4, -0.2) is 36.0 Å². The summed E-state index contributed by atoms with van der Waals surface area (Å²) in [5.41, 5.74) is 2.00. The average molecular weight is 248 g/mol. The summed E-state index contributed by atoms with van der Waals surface area (Å²) in [5, 5.41) is 24.8. The number of hydrogen-bond donors (Lipinski definition) is 2. The zero-order chi connectivity index (χ0) is 11.7. The number of aromatic amines is 2. The monoisotopic (exact) mass is 247 g/mol. The van der Waals surface area contributed by atoms with Crippen molar-refractivity contribution in [2.45, 2.75) is 0 Å². The molecule has 0 aliphatic heterocycles. The van der Waals surface area contributed by atoms with Crippen LogP contribution in [0.15, 0.2) is 24.3 Å². The molecule has 0 atom stereocenters. The summed E-state index contributed by atoms with van der Waals surface area (Å²) in [5.74, 6) is 0.383. The summed E-state index contributed by atoms with van der Waals surface area (Å²) in [6.45, 7) is 0.